The Morgan fingerprint density at radius 1 is 1.25 bits per heavy atom. The molecule has 0 spiro atoms. The van der Waals surface area contributed by atoms with Crippen LogP contribution >= 0.6 is 0 Å². The molecule has 0 amide bonds. The number of rotatable bonds is 1. The van der Waals surface area contributed by atoms with Crippen LogP contribution in [0.3, 0.4) is 0 Å². The second kappa shape index (κ2) is 3.21. The molecule has 2 unspecified atom stereocenters. The lowest BCUT2D eigenvalue weighted by Crippen LogP contribution is -2.30. The molecular formula is C11H18O. The van der Waals surface area contributed by atoms with Crippen LogP contribution in [0.1, 0.15) is 32.1 Å². The van der Waals surface area contributed by atoms with Gasteiger partial charge in [0.15, 0.2) is 0 Å². The van der Waals surface area contributed by atoms with Gasteiger partial charge < -0.3 is 5.11 Å². The van der Waals surface area contributed by atoms with Crippen molar-refractivity contribution in [1.82, 2.24) is 0 Å². The van der Waals surface area contributed by atoms with Gasteiger partial charge in [0.2, 0.25) is 0 Å². The van der Waals surface area contributed by atoms with E-state index < -0.39 is 0 Å². The highest BCUT2D eigenvalue weighted by atomic mass is 16.3. The summed E-state index contributed by atoms with van der Waals surface area (Å²) in [5.74, 6) is 2.06. The summed E-state index contributed by atoms with van der Waals surface area (Å²) in [5, 5.41) is 9.10. The van der Waals surface area contributed by atoms with Crippen LogP contribution in [0.25, 0.3) is 0 Å². The maximum absolute atomic E-state index is 9.10. The molecule has 0 saturated heterocycles. The van der Waals surface area contributed by atoms with Crippen LogP contribution in [0.15, 0.2) is 12.2 Å². The molecule has 68 valence electrons. The van der Waals surface area contributed by atoms with Gasteiger partial charge >= 0.3 is 0 Å². The molecule has 2 aliphatic rings. The van der Waals surface area contributed by atoms with Gasteiger partial charge in [0.25, 0.3) is 0 Å². The van der Waals surface area contributed by atoms with Crippen LogP contribution < -0.4 is 0 Å². The number of allylic oxidation sites excluding steroid dienone is 1. The van der Waals surface area contributed by atoms with E-state index in [2.05, 4.69) is 6.58 Å². The highest BCUT2D eigenvalue weighted by Crippen LogP contribution is 2.45. The Labute approximate surface area is 74.5 Å². The second-order valence-electron chi connectivity index (χ2n) is 4.42. The normalized spacial score (nSPS) is 41.4. The highest BCUT2D eigenvalue weighted by molar-refractivity contribution is 5.12. The zero-order chi connectivity index (χ0) is 8.55. The largest absolute Gasteiger partial charge is 0.396 e. The fraction of sp³-hybridized carbons (Fsp3) is 0.818. The minimum Gasteiger partial charge on any atom is -0.396 e. The lowest BCUT2D eigenvalue weighted by molar-refractivity contribution is 0.136. The molecule has 1 N–H and O–H groups in total. The van der Waals surface area contributed by atoms with Crippen molar-refractivity contribution in [3.63, 3.8) is 0 Å². The SMILES string of the molecule is C=C1C2CCCC1CC(CO)C2. The molecule has 2 saturated carbocycles. The maximum atomic E-state index is 9.10. The van der Waals surface area contributed by atoms with Crippen LogP contribution in [0, 0.1) is 17.8 Å². The first-order valence-corrected chi connectivity index (χ1v) is 5.10. The van der Waals surface area contributed by atoms with E-state index in [4.69, 9.17) is 5.11 Å². The fourth-order valence-electron chi connectivity index (χ4n) is 2.90. The Balaban J connectivity index is 2.07. The van der Waals surface area contributed by atoms with Gasteiger partial charge in [-0.25, -0.2) is 0 Å². The van der Waals surface area contributed by atoms with E-state index in [-0.39, 0.29) is 0 Å². The molecule has 12 heavy (non-hydrogen) atoms. The van der Waals surface area contributed by atoms with E-state index in [9.17, 15) is 0 Å². The van der Waals surface area contributed by atoms with E-state index in [0.717, 1.165) is 11.8 Å². The predicted molar refractivity (Wildman–Crippen MR) is 49.8 cm³/mol. The molecule has 0 aliphatic heterocycles. The molecule has 1 nitrogen and oxygen atoms in total. The fourth-order valence-corrected chi connectivity index (χ4v) is 2.90. The van der Waals surface area contributed by atoms with Crippen LogP contribution in [0.4, 0.5) is 0 Å². The standard InChI is InChI=1S/C11H18O/c1-8-10-3-2-4-11(8)6-9(5-10)7-12/h9-12H,1-7H2. The Bertz CT molecular complexity index is 169. The summed E-state index contributed by atoms with van der Waals surface area (Å²) in [6, 6.07) is 0. The minimum atomic E-state index is 0.389. The second-order valence-corrected chi connectivity index (χ2v) is 4.42. The van der Waals surface area contributed by atoms with E-state index in [1.165, 1.54) is 37.7 Å². The minimum absolute atomic E-state index is 0.389. The van der Waals surface area contributed by atoms with Gasteiger partial charge in [-0.15, -0.1) is 0 Å². The van der Waals surface area contributed by atoms with Crippen molar-refractivity contribution < 1.29 is 5.11 Å². The topological polar surface area (TPSA) is 20.2 Å². The summed E-state index contributed by atoms with van der Waals surface area (Å²) in [5.41, 5.74) is 1.49. The van der Waals surface area contributed by atoms with Gasteiger partial charge in [0, 0.05) is 6.61 Å². The van der Waals surface area contributed by atoms with Crippen molar-refractivity contribution in [2.45, 2.75) is 32.1 Å². The van der Waals surface area contributed by atoms with Gasteiger partial charge in [-0.05, 0) is 43.4 Å². The van der Waals surface area contributed by atoms with Gasteiger partial charge in [-0.3, -0.25) is 0 Å². The quantitative estimate of drug-likeness (QED) is 0.593. The van der Waals surface area contributed by atoms with Crippen LogP contribution in [-0.2, 0) is 0 Å². The Morgan fingerprint density at radius 2 is 1.83 bits per heavy atom. The zero-order valence-electron chi connectivity index (χ0n) is 7.63. The summed E-state index contributed by atoms with van der Waals surface area (Å²) in [6.07, 6.45) is 6.43. The van der Waals surface area contributed by atoms with E-state index in [1.54, 1.807) is 0 Å². The molecule has 0 aromatic carbocycles. The molecule has 2 bridgehead atoms. The van der Waals surface area contributed by atoms with Crippen molar-refractivity contribution in [3.8, 4) is 0 Å². The molecule has 0 heterocycles. The van der Waals surface area contributed by atoms with E-state index in [1.807, 2.05) is 0 Å². The van der Waals surface area contributed by atoms with E-state index >= 15 is 0 Å². The summed E-state index contributed by atoms with van der Waals surface area (Å²) in [6.45, 7) is 4.57. The molecule has 1 heteroatoms. The van der Waals surface area contributed by atoms with Crippen molar-refractivity contribution in [2.75, 3.05) is 6.61 Å². The molecule has 2 fully saturated rings. The third-order valence-electron chi connectivity index (χ3n) is 3.65. The first kappa shape index (κ1) is 8.31. The van der Waals surface area contributed by atoms with Crippen LogP contribution in [-0.4, -0.2) is 11.7 Å². The highest BCUT2D eigenvalue weighted by Gasteiger charge is 2.34. The predicted octanol–water partition coefficient (Wildman–Crippen LogP) is 2.36. The molecule has 2 aliphatic carbocycles. The average Bonchev–Trinajstić information content (AvgIpc) is 2.04. The van der Waals surface area contributed by atoms with Crippen molar-refractivity contribution >= 4 is 0 Å². The first-order valence-electron chi connectivity index (χ1n) is 5.10. The number of aliphatic hydroxyl groups is 1. The first-order chi connectivity index (χ1) is 5.81. The molecule has 0 aromatic heterocycles. The van der Waals surface area contributed by atoms with Gasteiger partial charge in [0.1, 0.15) is 0 Å². The van der Waals surface area contributed by atoms with Gasteiger partial charge in [0.05, 0.1) is 0 Å². The zero-order valence-corrected chi connectivity index (χ0v) is 7.63. The summed E-state index contributed by atoms with van der Waals surface area (Å²) in [7, 11) is 0. The monoisotopic (exact) mass is 166 g/mol. The van der Waals surface area contributed by atoms with Crippen molar-refractivity contribution in [1.29, 1.82) is 0 Å². The van der Waals surface area contributed by atoms with Gasteiger partial charge in [-0.1, -0.05) is 18.6 Å². The Hall–Kier alpha value is -0.300. The molecular weight excluding hydrogens is 148 g/mol. The average molecular weight is 166 g/mol. The van der Waals surface area contributed by atoms with Crippen LogP contribution in [0.2, 0.25) is 0 Å². The van der Waals surface area contributed by atoms with Gasteiger partial charge in [-0.2, -0.15) is 0 Å². The number of hydrogen-bond donors (Lipinski definition) is 1. The number of hydrogen-bond acceptors (Lipinski definition) is 1. The third-order valence-corrected chi connectivity index (χ3v) is 3.65. The molecule has 0 aromatic rings. The smallest absolute Gasteiger partial charge is 0.0459 e. The van der Waals surface area contributed by atoms with Crippen molar-refractivity contribution in [2.24, 2.45) is 17.8 Å². The lowest BCUT2D eigenvalue weighted by Gasteiger charge is -2.40. The Morgan fingerprint density at radius 3 is 2.33 bits per heavy atom. The molecule has 2 rings (SSSR count). The Kier molecular flexibility index (Phi) is 2.22. The number of fused-ring (bicyclic) bond motifs is 2. The molecule has 0 radical (unpaired) electrons. The van der Waals surface area contributed by atoms with Crippen LogP contribution in [0.5, 0.6) is 0 Å². The van der Waals surface area contributed by atoms with E-state index in [0.29, 0.717) is 12.5 Å². The third kappa shape index (κ3) is 1.31. The summed E-state index contributed by atoms with van der Waals surface area (Å²) in [4.78, 5) is 0. The summed E-state index contributed by atoms with van der Waals surface area (Å²) >= 11 is 0. The molecule has 2 atom stereocenters. The maximum Gasteiger partial charge on any atom is 0.0459 e. The number of aliphatic hydroxyl groups excluding tert-OH is 1. The lowest BCUT2D eigenvalue weighted by atomic mass is 9.65. The van der Waals surface area contributed by atoms with Crippen molar-refractivity contribution in [3.05, 3.63) is 12.2 Å². The summed E-state index contributed by atoms with van der Waals surface area (Å²) < 4.78 is 0.